The van der Waals surface area contributed by atoms with Crippen LogP contribution in [0.25, 0.3) is 0 Å². The Morgan fingerprint density at radius 3 is 2.64 bits per heavy atom. The Morgan fingerprint density at radius 1 is 1.57 bits per heavy atom. The molecule has 0 unspecified atom stereocenters. The molecule has 74 valence electrons. The molecule has 0 spiro atoms. The van der Waals surface area contributed by atoms with Crippen LogP contribution < -0.4 is 0 Å². The van der Waals surface area contributed by atoms with Gasteiger partial charge >= 0.3 is 0 Å². The second kappa shape index (κ2) is 4.07. The molecule has 0 saturated heterocycles. The monoisotopic (exact) mass is 202 g/mol. The lowest BCUT2D eigenvalue weighted by atomic mass is 10.1. The van der Waals surface area contributed by atoms with Gasteiger partial charge in [0.15, 0.2) is 0 Å². The number of alkyl halides is 2. The van der Waals surface area contributed by atoms with Crippen LogP contribution in [0.4, 0.5) is 13.2 Å². The van der Waals surface area contributed by atoms with E-state index in [2.05, 4.69) is 4.98 Å². The molecule has 0 atom stereocenters. The van der Waals surface area contributed by atoms with Gasteiger partial charge in [-0.05, 0) is 0 Å². The lowest BCUT2D eigenvalue weighted by molar-refractivity contribution is 0.144. The Hall–Kier alpha value is -1.61. The maximum absolute atomic E-state index is 12.6. The van der Waals surface area contributed by atoms with Gasteiger partial charge in [-0.3, -0.25) is 0 Å². The number of nitrogens with zero attached hydrogens (tertiary/aromatic N) is 2. The van der Waals surface area contributed by atoms with E-state index in [1.54, 1.807) is 0 Å². The van der Waals surface area contributed by atoms with Crippen LogP contribution in [0.15, 0.2) is 6.07 Å². The first-order valence-corrected chi connectivity index (χ1v) is 3.58. The smallest absolute Gasteiger partial charge is 0.281 e. The summed E-state index contributed by atoms with van der Waals surface area (Å²) in [7, 11) is 0. The van der Waals surface area contributed by atoms with Crippen LogP contribution in [-0.2, 0) is 6.61 Å². The van der Waals surface area contributed by atoms with Crippen molar-refractivity contribution in [3.63, 3.8) is 0 Å². The molecule has 14 heavy (non-hydrogen) atoms. The minimum Gasteiger partial charge on any atom is -0.392 e. The van der Waals surface area contributed by atoms with Gasteiger partial charge in [0.25, 0.3) is 6.43 Å². The largest absolute Gasteiger partial charge is 0.392 e. The van der Waals surface area contributed by atoms with Gasteiger partial charge in [-0.1, -0.05) is 0 Å². The summed E-state index contributed by atoms with van der Waals surface area (Å²) in [6.45, 7) is -0.679. The van der Waals surface area contributed by atoms with Crippen molar-refractivity contribution in [2.24, 2.45) is 0 Å². The van der Waals surface area contributed by atoms with E-state index >= 15 is 0 Å². The summed E-state index contributed by atoms with van der Waals surface area (Å²) in [6, 6.07) is 2.21. The Morgan fingerprint density at radius 2 is 2.21 bits per heavy atom. The van der Waals surface area contributed by atoms with E-state index < -0.39 is 30.2 Å². The Bertz CT molecular complexity index is 387. The maximum atomic E-state index is 12.6. The summed E-state index contributed by atoms with van der Waals surface area (Å²) < 4.78 is 37.1. The lowest BCUT2D eigenvalue weighted by Crippen LogP contribution is -2.03. The van der Waals surface area contributed by atoms with Crippen molar-refractivity contribution in [2.45, 2.75) is 13.0 Å². The zero-order chi connectivity index (χ0) is 10.7. The molecule has 3 nitrogen and oxygen atoms in total. The molecule has 0 aliphatic rings. The Kier molecular flexibility index (Phi) is 3.04. The summed E-state index contributed by atoms with van der Waals surface area (Å²) in [5, 5.41) is 17.2. The standard InChI is InChI=1S/C8H5F3N2O/c9-6-1-4(3-14)5(2-12)7(13-6)8(10)11/h1,8,14H,3H2. The van der Waals surface area contributed by atoms with Crippen LogP contribution in [0.5, 0.6) is 0 Å². The fourth-order valence-corrected chi connectivity index (χ4v) is 0.995. The van der Waals surface area contributed by atoms with Gasteiger partial charge in [0, 0.05) is 11.6 Å². The first-order valence-electron chi connectivity index (χ1n) is 3.58. The highest BCUT2D eigenvalue weighted by Gasteiger charge is 2.19. The van der Waals surface area contributed by atoms with Gasteiger partial charge in [0.2, 0.25) is 5.95 Å². The SMILES string of the molecule is N#Cc1c(CO)cc(F)nc1C(F)F. The summed E-state index contributed by atoms with van der Waals surface area (Å²) in [5.74, 6) is -1.14. The van der Waals surface area contributed by atoms with Crippen molar-refractivity contribution >= 4 is 0 Å². The number of hydrogen-bond acceptors (Lipinski definition) is 3. The van der Waals surface area contributed by atoms with Crippen molar-refractivity contribution in [1.29, 1.82) is 5.26 Å². The van der Waals surface area contributed by atoms with Crippen molar-refractivity contribution in [3.05, 3.63) is 28.8 Å². The fourth-order valence-electron chi connectivity index (χ4n) is 0.995. The van der Waals surface area contributed by atoms with Crippen LogP contribution in [0, 0.1) is 17.3 Å². The molecule has 1 aromatic heterocycles. The second-order valence-electron chi connectivity index (χ2n) is 2.43. The average molecular weight is 202 g/mol. The molecule has 1 aromatic rings. The van der Waals surface area contributed by atoms with E-state index in [0.29, 0.717) is 0 Å². The highest BCUT2D eigenvalue weighted by molar-refractivity contribution is 5.41. The highest BCUT2D eigenvalue weighted by atomic mass is 19.3. The number of aliphatic hydroxyl groups is 1. The summed E-state index contributed by atoms with van der Waals surface area (Å²) in [5.41, 5.74) is -1.59. The van der Waals surface area contributed by atoms with Crippen LogP contribution >= 0.6 is 0 Å². The average Bonchev–Trinajstić information content (AvgIpc) is 2.16. The number of halogens is 3. The number of aliphatic hydroxyl groups excluding tert-OH is 1. The van der Waals surface area contributed by atoms with Gasteiger partial charge in [0.1, 0.15) is 11.8 Å². The van der Waals surface area contributed by atoms with Crippen molar-refractivity contribution in [2.75, 3.05) is 0 Å². The molecule has 0 saturated carbocycles. The molecule has 0 radical (unpaired) electrons. The van der Waals surface area contributed by atoms with E-state index in [-0.39, 0.29) is 5.56 Å². The van der Waals surface area contributed by atoms with Gasteiger partial charge in [-0.2, -0.15) is 9.65 Å². The first kappa shape index (κ1) is 10.5. The third-order valence-electron chi connectivity index (χ3n) is 1.59. The summed E-state index contributed by atoms with van der Waals surface area (Å²) in [6.07, 6.45) is -3.04. The third-order valence-corrected chi connectivity index (χ3v) is 1.59. The first-order chi connectivity index (χ1) is 6.60. The molecule has 1 N–H and O–H groups in total. The van der Waals surface area contributed by atoms with E-state index in [0.717, 1.165) is 6.07 Å². The number of pyridine rings is 1. The molecule has 0 bridgehead atoms. The Balaban J connectivity index is 3.41. The Labute approximate surface area is 77.4 Å². The van der Waals surface area contributed by atoms with Gasteiger partial charge < -0.3 is 5.11 Å². The van der Waals surface area contributed by atoms with E-state index in [1.807, 2.05) is 0 Å². The minimum atomic E-state index is -3.04. The second-order valence-corrected chi connectivity index (χ2v) is 2.43. The maximum Gasteiger partial charge on any atom is 0.281 e. The van der Waals surface area contributed by atoms with Crippen LogP contribution in [0.1, 0.15) is 23.2 Å². The molecule has 0 fully saturated rings. The number of aromatic nitrogens is 1. The lowest BCUT2D eigenvalue weighted by Gasteiger charge is -2.05. The van der Waals surface area contributed by atoms with Crippen LogP contribution in [0.2, 0.25) is 0 Å². The van der Waals surface area contributed by atoms with Crippen molar-refractivity contribution < 1.29 is 18.3 Å². The zero-order valence-corrected chi connectivity index (χ0v) is 6.84. The minimum absolute atomic E-state index is 0.185. The van der Waals surface area contributed by atoms with Gasteiger partial charge in [-0.25, -0.2) is 13.8 Å². The highest BCUT2D eigenvalue weighted by Crippen LogP contribution is 2.23. The van der Waals surface area contributed by atoms with Crippen molar-refractivity contribution in [3.8, 4) is 6.07 Å². The van der Waals surface area contributed by atoms with Crippen LogP contribution in [-0.4, -0.2) is 10.1 Å². The molecular weight excluding hydrogens is 197 g/mol. The molecular formula is C8H5F3N2O. The molecule has 1 rings (SSSR count). The van der Waals surface area contributed by atoms with E-state index in [9.17, 15) is 13.2 Å². The molecule has 6 heteroatoms. The van der Waals surface area contributed by atoms with Crippen LogP contribution in [0.3, 0.4) is 0 Å². The molecule has 0 aliphatic carbocycles. The predicted molar refractivity (Wildman–Crippen MR) is 39.8 cm³/mol. The van der Waals surface area contributed by atoms with E-state index in [4.69, 9.17) is 10.4 Å². The zero-order valence-electron chi connectivity index (χ0n) is 6.84. The van der Waals surface area contributed by atoms with Crippen molar-refractivity contribution in [1.82, 2.24) is 4.98 Å². The normalized spacial score (nSPS) is 10.3. The topological polar surface area (TPSA) is 56.9 Å². The summed E-state index contributed by atoms with van der Waals surface area (Å²) in [4.78, 5) is 2.90. The molecule has 0 aromatic carbocycles. The quantitative estimate of drug-likeness (QED) is 0.739. The van der Waals surface area contributed by atoms with Gasteiger partial charge in [-0.15, -0.1) is 0 Å². The molecule has 0 aliphatic heterocycles. The molecule has 1 heterocycles. The predicted octanol–water partition coefficient (Wildman–Crippen LogP) is 1.52. The summed E-state index contributed by atoms with van der Waals surface area (Å²) >= 11 is 0. The molecule has 0 amide bonds. The number of hydrogen-bond donors (Lipinski definition) is 1. The number of rotatable bonds is 2. The van der Waals surface area contributed by atoms with Gasteiger partial charge in [0.05, 0.1) is 12.2 Å². The fraction of sp³-hybridized carbons (Fsp3) is 0.250. The van der Waals surface area contributed by atoms with E-state index in [1.165, 1.54) is 6.07 Å². The third kappa shape index (κ3) is 1.83. The number of nitriles is 1.